The summed E-state index contributed by atoms with van der Waals surface area (Å²) in [7, 11) is 0.907. The summed E-state index contributed by atoms with van der Waals surface area (Å²) in [5.74, 6) is -0.191. The van der Waals surface area contributed by atoms with Crippen molar-refractivity contribution in [2.75, 3.05) is 0 Å². The summed E-state index contributed by atoms with van der Waals surface area (Å²) in [4.78, 5) is 0. The van der Waals surface area contributed by atoms with Gasteiger partial charge < -0.3 is 5.41 Å². The van der Waals surface area contributed by atoms with Crippen LogP contribution in [0.1, 0.15) is 11.1 Å². The summed E-state index contributed by atoms with van der Waals surface area (Å²) in [6, 6.07) is 14.6. The monoisotopic (exact) mass is 225 g/mol. The fourth-order valence-corrected chi connectivity index (χ4v) is 1.72. The summed E-state index contributed by atoms with van der Waals surface area (Å²) < 4.78 is 12.7. The molecule has 0 spiro atoms. The molecule has 84 valence electrons. The van der Waals surface area contributed by atoms with Crippen molar-refractivity contribution >= 4 is 19.0 Å². The zero-order valence-corrected chi connectivity index (χ0v) is 9.49. The first kappa shape index (κ1) is 11.6. The van der Waals surface area contributed by atoms with E-state index in [-0.39, 0.29) is 5.82 Å². The summed E-state index contributed by atoms with van der Waals surface area (Å²) in [5, 5.41) is 7.11. The van der Waals surface area contributed by atoms with Gasteiger partial charge in [0.15, 0.2) is 7.28 Å². The van der Waals surface area contributed by atoms with Crippen molar-refractivity contribution in [1.29, 1.82) is 5.41 Å². The molecule has 0 atom stereocenters. The third-order valence-electron chi connectivity index (χ3n) is 2.76. The van der Waals surface area contributed by atoms with Crippen LogP contribution in [0.25, 0.3) is 0 Å². The first-order valence-corrected chi connectivity index (χ1v) is 5.62. The number of hydrogen-bond donors (Lipinski definition) is 1. The summed E-state index contributed by atoms with van der Waals surface area (Å²) >= 11 is 0. The molecule has 1 N–H and O–H groups in total. The lowest BCUT2D eigenvalue weighted by Gasteiger charge is -2.01. The molecule has 0 aromatic heterocycles. The molecule has 0 radical (unpaired) electrons. The van der Waals surface area contributed by atoms with Crippen molar-refractivity contribution in [3.63, 3.8) is 0 Å². The van der Waals surface area contributed by atoms with Gasteiger partial charge in [-0.25, -0.2) is 4.39 Å². The van der Waals surface area contributed by atoms with Gasteiger partial charge >= 0.3 is 0 Å². The van der Waals surface area contributed by atoms with E-state index in [0.717, 1.165) is 24.6 Å². The molecule has 0 unspecified atom stereocenters. The van der Waals surface area contributed by atoms with Gasteiger partial charge in [-0.3, -0.25) is 0 Å². The van der Waals surface area contributed by atoms with Gasteiger partial charge in [0.25, 0.3) is 0 Å². The molecule has 0 heterocycles. The largest absolute Gasteiger partial charge is 0.308 e. The van der Waals surface area contributed by atoms with Crippen LogP contribution in [0.3, 0.4) is 0 Å². The second-order valence-electron chi connectivity index (χ2n) is 4.01. The molecule has 0 saturated heterocycles. The molecule has 0 bridgehead atoms. The standard InChI is InChI=1S/C14H13BFN/c16-14-7-5-13(6-8-14)15-9-11-1-3-12(10-17)4-2-11/h1-8,10,15,17H,9H2. The Morgan fingerprint density at radius 1 is 1.00 bits per heavy atom. The van der Waals surface area contributed by atoms with Gasteiger partial charge in [0.05, 0.1) is 0 Å². The second kappa shape index (κ2) is 5.44. The van der Waals surface area contributed by atoms with Crippen LogP contribution in [-0.4, -0.2) is 13.5 Å². The van der Waals surface area contributed by atoms with Crippen LogP contribution in [0.2, 0.25) is 0 Å². The lowest BCUT2D eigenvalue weighted by molar-refractivity contribution is 0.628. The van der Waals surface area contributed by atoms with Crippen LogP contribution < -0.4 is 5.46 Å². The van der Waals surface area contributed by atoms with E-state index < -0.39 is 0 Å². The molecular formula is C14H13BFN. The molecule has 2 rings (SSSR count). The van der Waals surface area contributed by atoms with Crippen molar-refractivity contribution in [3.8, 4) is 0 Å². The minimum atomic E-state index is -0.191. The van der Waals surface area contributed by atoms with E-state index in [0.29, 0.717) is 0 Å². The van der Waals surface area contributed by atoms with E-state index in [4.69, 9.17) is 5.41 Å². The maximum Gasteiger partial charge on any atom is 0.162 e. The van der Waals surface area contributed by atoms with Crippen molar-refractivity contribution in [3.05, 3.63) is 65.5 Å². The van der Waals surface area contributed by atoms with Gasteiger partial charge in [-0.15, -0.1) is 0 Å². The topological polar surface area (TPSA) is 23.9 Å². The van der Waals surface area contributed by atoms with Crippen LogP contribution in [-0.2, 0) is 6.32 Å². The second-order valence-corrected chi connectivity index (χ2v) is 4.01. The van der Waals surface area contributed by atoms with E-state index in [1.807, 2.05) is 36.4 Å². The molecule has 1 nitrogen and oxygen atoms in total. The molecule has 0 aliphatic carbocycles. The average Bonchev–Trinajstić information content (AvgIpc) is 2.39. The molecule has 0 saturated carbocycles. The van der Waals surface area contributed by atoms with Crippen LogP contribution in [0.15, 0.2) is 48.5 Å². The Labute approximate surface area is 101 Å². The average molecular weight is 225 g/mol. The normalized spacial score (nSPS) is 9.94. The zero-order valence-electron chi connectivity index (χ0n) is 9.49. The quantitative estimate of drug-likeness (QED) is 0.608. The number of halogens is 1. The fraction of sp³-hybridized carbons (Fsp3) is 0.0714. The van der Waals surface area contributed by atoms with Crippen LogP contribution in [0.4, 0.5) is 4.39 Å². The Hall–Kier alpha value is -1.90. The van der Waals surface area contributed by atoms with Crippen LogP contribution in [0, 0.1) is 11.2 Å². The highest BCUT2D eigenvalue weighted by molar-refractivity contribution is 6.52. The van der Waals surface area contributed by atoms with E-state index in [1.165, 1.54) is 23.9 Å². The Morgan fingerprint density at radius 2 is 1.65 bits per heavy atom. The SMILES string of the molecule is N=Cc1ccc(CBc2ccc(F)cc2)cc1. The Bertz CT molecular complexity index is 491. The maximum absolute atomic E-state index is 12.7. The number of nitrogens with one attached hydrogen (secondary N) is 1. The summed E-state index contributed by atoms with van der Waals surface area (Å²) in [5.41, 5.74) is 3.29. The predicted octanol–water partition coefficient (Wildman–Crippen LogP) is 2.09. The smallest absolute Gasteiger partial charge is 0.162 e. The first-order valence-electron chi connectivity index (χ1n) is 5.62. The number of benzene rings is 2. The van der Waals surface area contributed by atoms with Gasteiger partial charge in [0.2, 0.25) is 0 Å². The third-order valence-corrected chi connectivity index (χ3v) is 2.76. The first-order chi connectivity index (χ1) is 8.28. The highest BCUT2D eigenvalue weighted by Gasteiger charge is 1.98. The van der Waals surface area contributed by atoms with Crippen molar-refractivity contribution < 1.29 is 4.39 Å². The highest BCUT2D eigenvalue weighted by atomic mass is 19.1. The Balaban J connectivity index is 1.97. The van der Waals surface area contributed by atoms with Gasteiger partial charge in [-0.1, -0.05) is 47.4 Å². The van der Waals surface area contributed by atoms with E-state index in [1.54, 1.807) is 0 Å². The highest BCUT2D eigenvalue weighted by Crippen LogP contribution is 2.03. The van der Waals surface area contributed by atoms with Gasteiger partial charge in [0.1, 0.15) is 5.82 Å². The van der Waals surface area contributed by atoms with Crippen molar-refractivity contribution in [2.24, 2.45) is 0 Å². The van der Waals surface area contributed by atoms with Gasteiger partial charge in [-0.05, 0) is 24.0 Å². The molecule has 2 aromatic rings. The molecule has 2 aromatic carbocycles. The third kappa shape index (κ3) is 3.28. The molecule has 3 heteroatoms. The molecular weight excluding hydrogens is 212 g/mol. The lowest BCUT2D eigenvalue weighted by atomic mass is 9.65. The summed E-state index contributed by atoms with van der Waals surface area (Å²) in [6.45, 7) is 0. The minimum Gasteiger partial charge on any atom is -0.308 e. The number of hydrogen-bond acceptors (Lipinski definition) is 1. The minimum absolute atomic E-state index is 0.191. The molecule has 0 amide bonds. The van der Waals surface area contributed by atoms with Crippen LogP contribution in [0.5, 0.6) is 0 Å². The zero-order chi connectivity index (χ0) is 12.1. The van der Waals surface area contributed by atoms with E-state index in [9.17, 15) is 4.39 Å². The van der Waals surface area contributed by atoms with Gasteiger partial charge in [0, 0.05) is 6.21 Å². The molecule has 17 heavy (non-hydrogen) atoms. The Kier molecular flexibility index (Phi) is 3.71. The Morgan fingerprint density at radius 3 is 2.24 bits per heavy atom. The van der Waals surface area contributed by atoms with Crippen molar-refractivity contribution in [1.82, 2.24) is 0 Å². The maximum atomic E-state index is 12.7. The molecule has 0 aliphatic rings. The fourth-order valence-electron chi connectivity index (χ4n) is 1.72. The molecule has 0 fully saturated rings. The summed E-state index contributed by atoms with van der Waals surface area (Å²) in [6.07, 6.45) is 2.27. The van der Waals surface area contributed by atoms with Gasteiger partial charge in [-0.2, -0.15) is 0 Å². The van der Waals surface area contributed by atoms with Crippen molar-refractivity contribution in [2.45, 2.75) is 6.32 Å². The lowest BCUT2D eigenvalue weighted by Crippen LogP contribution is -2.16. The van der Waals surface area contributed by atoms with E-state index in [2.05, 4.69) is 0 Å². The number of rotatable bonds is 4. The molecule has 0 aliphatic heterocycles. The van der Waals surface area contributed by atoms with Crippen LogP contribution >= 0.6 is 0 Å². The predicted molar refractivity (Wildman–Crippen MR) is 71.2 cm³/mol. The van der Waals surface area contributed by atoms with E-state index >= 15 is 0 Å².